The summed E-state index contributed by atoms with van der Waals surface area (Å²) in [5.41, 5.74) is 2.45. The van der Waals surface area contributed by atoms with Crippen LogP contribution in [0.1, 0.15) is 18.9 Å². The standard InChI is InChI=1S/C21H18Cl2N2O3S/c1-13(26)2-3-14-4-7-16(8-5-14)28-11-20(27)25-21-24-19(12-29-21)17-9-6-15(22)10-18(17)23/h4-10,12H,2-3,11H2,1H3,(H,24,25,27). The Bertz CT molecular complexity index is 1020. The van der Waals surface area contributed by atoms with E-state index in [0.717, 1.165) is 11.1 Å². The predicted molar refractivity (Wildman–Crippen MR) is 117 cm³/mol. The maximum Gasteiger partial charge on any atom is 0.264 e. The lowest BCUT2D eigenvalue weighted by Gasteiger charge is -2.07. The summed E-state index contributed by atoms with van der Waals surface area (Å²) in [6, 6.07) is 12.5. The van der Waals surface area contributed by atoms with Crippen LogP contribution in [0.2, 0.25) is 10.0 Å². The minimum absolute atomic E-state index is 0.136. The second-order valence-corrected chi connectivity index (χ2v) is 8.05. The molecule has 1 heterocycles. The van der Waals surface area contributed by atoms with Gasteiger partial charge in [-0.15, -0.1) is 11.3 Å². The van der Waals surface area contributed by atoms with E-state index in [1.165, 1.54) is 11.3 Å². The molecule has 0 aliphatic heterocycles. The number of amides is 1. The van der Waals surface area contributed by atoms with Crippen molar-refractivity contribution < 1.29 is 14.3 Å². The Morgan fingerprint density at radius 1 is 1.14 bits per heavy atom. The van der Waals surface area contributed by atoms with Crippen molar-refractivity contribution in [3.8, 4) is 17.0 Å². The number of Topliss-reactive ketones (excluding diaryl/α,β-unsaturated/α-hetero) is 1. The maximum absolute atomic E-state index is 12.1. The first-order chi connectivity index (χ1) is 13.9. The van der Waals surface area contributed by atoms with E-state index in [1.807, 2.05) is 17.5 Å². The van der Waals surface area contributed by atoms with Crippen LogP contribution in [0.4, 0.5) is 5.13 Å². The third-order valence-corrected chi connectivity index (χ3v) is 5.32. The summed E-state index contributed by atoms with van der Waals surface area (Å²) >= 11 is 13.4. The van der Waals surface area contributed by atoms with Crippen LogP contribution in [0.3, 0.4) is 0 Å². The number of anilines is 1. The van der Waals surface area contributed by atoms with Gasteiger partial charge in [0.1, 0.15) is 11.5 Å². The molecular formula is C21H18Cl2N2O3S. The summed E-state index contributed by atoms with van der Waals surface area (Å²) < 4.78 is 5.51. The Morgan fingerprint density at radius 2 is 1.90 bits per heavy atom. The van der Waals surface area contributed by atoms with Crippen molar-refractivity contribution in [2.24, 2.45) is 0 Å². The summed E-state index contributed by atoms with van der Waals surface area (Å²) in [6.45, 7) is 1.44. The first-order valence-corrected chi connectivity index (χ1v) is 10.5. The summed E-state index contributed by atoms with van der Waals surface area (Å²) in [5, 5.41) is 6.03. The van der Waals surface area contributed by atoms with Gasteiger partial charge in [-0.2, -0.15) is 0 Å². The largest absolute Gasteiger partial charge is 0.484 e. The molecule has 3 rings (SSSR count). The topological polar surface area (TPSA) is 68.3 Å². The van der Waals surface area contributed by atoms with Crippen LogP contribution in [0.25, 0.3) is 11.3 Å². The summed E-state index contributed by atoms with van der Waals surface area (Å²) in [5.74, 6) is 0.430. The van der Waals surface area contributed by atoms with Gasteiger partial charge in [0.25, 0.3) is 5.91 Å². The predicted octanol–water partition coefficient (Wildman–Crippen LogP) is 5.66. The number of halogens is 2. The number of carbonyl (C=O) groups is 2. The molecule has 0 spiro atoms. The van der Waals surface area contributed by atoms with Gasteiger partial charge in [-0.1, -0.05) is 35.3 Å². The smallest absolute Gasteiger partial charge is 0.264 e. The normalized spacial score (nSPS) is 10.6. The third-order valence-electron chi connectivity index (χ3n) is 4.02. The van der Waals surface area contributed by atoms with Crippen molar-refractivity contribution in [2.75, 3.05) is 11.9 Å². The number of ketones is 1. The third kappa shape index (κ3) is 6.29. The first-order valence-electron chi connectivity index (χ1n) is 8.82. The number of ether oxygens (including phenoxy) is 1. The van der Waals surface area contributed by atoms with E-state index in [4.69, 9.17) is 27.9 Å². The molecule has 0 saturated heterocycles. The molecular weight excluding hydrogens is 431 g/mol. The lowest BCUT2D eigenvalue weighted by Crippen LogP contribution is -2.20. The van der Waals surface area contributed by atoms with E-state index in [9.17, 15) is 9.59 Å². The zero-order chi connectivity index (χ0) is 20.8. The van der Waals surface area contributed by atoms with Gasteiger partial charge in [-0.25, -0.2) is 4.98 Å². The van der Waals surface area contributed by atoms with Gasteiger partial charge in [0.05, 0.1) is 10.7 Å². The van der Waals surface area contributed by atoms with Gasteiger partial charge in [-0.3, -0.25) is 10.1 Å². The second kappa shape index (κ2) is 9.87. The molecule has 0 aliphatic carbocycles. The Morgan fingerprint density at radius 3 is 2.59 bits per heavy atom. The lowest BCUT2D eigenvalue weighted by atomic mass is 10.1. The highest BCUT2D eigenvalue weighted by atomic mass is 35.5. The van der Waals surface area contributed by atoms with Gasteiger partial charge in [-0.05, 0) is 49.2 Å². The number of hydrogen-bond acceptors (Lipinski definition) is 5. The molecule has 0 saturated carbocycles. The molecule has 3 aromatic rings. The lowest BCUT2D eigenvalue weighted by molar-refractivity contribution is -0.118. The van der Waals surface area contributed by atoms with Gasteiger partial charge >= 0.3 is 0 Å². The highest BCUT2D eigenvalue weighted by Gasteiger charge is 2.11. The Kier molecular flexibility index (Phi) is 7.25. The van der Waals surface area contributed by atoms with Gasteiger partial charge in [0, 0.05) is 22.4 Å². The Balaban J connectivity index is 1.52. The summed E-state index contributed by atoms with van der Waals surface area (Å²) in [6.07, 6.45) is 1.21. The average Bonchev–Trinajstić information content (AvgIpc) is 3.13. The van der Waals surface area contributed by atoms with Crippen LogP contribution in [-0.4, -0.2) is 23.3 Å². The van der Waals surface area contributed by atoms with Gasteiger partial charge in [0.2, 0.25) is 0 Å². The van der Waals surface area contributed by atoms with Gasteiger partial charge < -0.3 is 9.53 Å². The monoisotopic (exact) mass is 448 g/mol. The number of aryl methyl sites for hydroxylation is 1. The maximum atomic E-state index is 12.1. The fraction of sp³-hybridized carbons (Fsp3) is 0.190. The number of nitrogens with one attached hydrogen (secondary N) is 1. The number of thiazole rings is 1. The van der Waals surface area contributed by atoms with E-state index in [-0.39, 0.29) is 18.3 Å². The van der Waals surface area contributed by atoms with Crippen LogP contribution in [-0.2, 0) is 16.0 Å². The molecule has 1 amide bonds. The van der Waals surface area contributed by atoms with Crippen molar-refractivity contribution in [1.82, 2.24) is 4.98 Å². The molecule has 0 fully saturated rings. The zero-order valence-corrected chi connectivity index (χ0v) is 17.9. The summed E-state index contributed by atoms with van der Waals surface area (Å²) in [4.78, 5) is 27.6. The number of hydrogen-bond donors (Lipinski definition) is 1. The van der Waals surface area contributed by atoms with Crippen molar-refractivity contribution in [2.45, 2.75) is 19.8 Å². The van der Waals surface area contributed by atoms with Crippen LogP contribution in [0.15, 0.2) is 47.8 Å². The zero-order valence-electron chi connectivity index (χ0n) is 15.6. The van der Waals surface area contributed by atoms with Gasteiger partial charge in [0.15, 0.2) is 11.7 Å². The molecule has 150 valence electrons. The quantitative estimate of drug-likeness (QED) is 0.482. The van der Waals surface area contributed by atoms with E-state index >= 15 is 0 Å². The fourth-order valence-electron chi connectivity index (χ4n) is 2.53. The van der Waals surface area contributed by atoms with E-state index in [0.29, 0.717) is 39.5 Å². The van der Waals surface area contributed by atoms with Crippen molar-refractivity contribution in [1.29, 1.82) is 0 Å². The molecule has 1 aromatic heterocycles. The SMILES string of the molecule is CC(=O)CCc1ccc(OCC(=O)Nc2nc(-c3ccc(Cl)cc3Cl)cs2)cc1. The van der Waals surface area contributed by atoms with E-state index in [1.54, 1.807) is 37.3 Å². The van der Waals surface area contributed by atoms with E-state index < -0.39 is 0 Å². The number of benzene rings is 2. The van der Waals surface area contributed by atoms with Crippen molar-refractivity contribution >= 4 is 51.4 Å². The minimum atomic E-state index is -0.311. The van der Waals surface area contributed by atoms with Crippen LogP contribution >= 0.6 is 34.5 Å². The molecule has 0 unspecified atom stereocenters. The minimum Gasteiger partial charge on any atom is -0.484 e. The molecule has 1 N–H and O–H groups in total. The number of nitrogens with zero attached hydrogens (tertiary/aromatic N) is 1. The second-order valence-electron chi connectivity index (χ2n) is 6.34. The van der Waals surface area contributed by atoms with Crippen molar-refractivity contribution in [3.05, 3.63) is 63.5 Å². The van der Waals surface area contributed by atoms with Crippen molar-refractivity contribution in [3.63, 3.8) is 0 Å². The Labute approximate surface area is 182 Å². The first kappa shape index (κ1) is 21.3. The highest BCUT2D eigenvalue weighted by molar-refractivity contribution is 7.14. The molecule has 5 nitrogen and oxygen atoms in total. The number of carbonyl (C=O) groups excluding carboxylic acids is 2. The van der Waals surface area contributed by atoms with E-state index in [2.05, 4.69) is 10.3 Å². The molecule has 0 atom stereocenters. The molecule has 0 aliphatic rings. The molecule has 8 heteroatoms. The Hall–Kier alpha value is -2.41. The van der Waals surface area contributed by atoms with Crippen LogP contribution < -0.4 is 10.1 Å². The molecule has 2 aromatic carbocycles. The molecule has 0 radical (unpaired) electrons. The van der Waals surface area contributed by atoms with Crippen LogP contribution in [0, 0.1) is 0 Å². The number of aromatic nitrogens is 1. The number of rotatable bonds is 8. The average molecular weight is 449 g/mol. The fourth-order valence-corrected chi connectivity index (χ4v) is 3.76. The summed E-state index contributed by atoms with van der Waals surface area (Å²) in [7, 11) is 0. The molecule has 0 bridgehead atoms. The van der Waals surface area contributed by atoms with Crippen LogP contribution in [0.5, 0.6) is 5.75 Å². The highest BCUT2D eigenvalue weighted by Crippen LogP contribution is 2.32. The molecule has 29 heavy (non-hydrogen) atoms.